The maximum Gasteiger partial charge on any atom is 0.307 e. The van der Waals surface area contributed by atoms with E-state index in [1.165, 1.54) is 5.56 Å². The van der Waals surface area contributed by atoms with Crippen molar-refractivity contribution in [2.24, 2.45) is 5.92 Å². The molecule has 1 aliphatic rings. The minimum atomic E-state index is -0.727. The molecule has 0 spiro atoms. The van der Waals surface area contributed by atoms with Crippen molar-refractivity contribution >= 4 is 17.0 Å². The van der Waals surface area contributed by atoms with Crippen molar-refractivity contribution in [3.05, 3.63) is 41.7 Å². The third-order valence-electron chi connectivity index (χ3n) is 4.33. The summed E-state index contributed by atoms with van der Waals surface area (Å²) in [6, 6.07) is 6.23. The first kappa shape index (κ1) is 13.9. The lowest BCUT2D eigenvalue weighted by atomic mass is 9.82. The lowest BCUT2D eigenvalue weighted by molar-refractivity contribution is -0.142. The maximum atomic E-state index is 11.5. The van der Waals surface area contributed by atoms with E-state index in [0.29, 0.717) is 6.42 Å². The molecule has 1 aromatic heterocycles. The van der Waals surface area contributed by atoms with E-state index in [-0.39, 0.29) is 11.8 Å². The van der Waals surface area contributed by atoms with Crippen LogP contribution >= 0.6 is 0 Å². The summed E-state index contributed by atoms with van der Waals surface area (Å²) in [4.78, 5) is 16.3. The highest BCUT2D eigenvalue weighted by molar-refractivity contribution is 5.78. The molecule has 0 aliphatic heterocycles. The Morgan fingerprint density at radius 2 is 2.14 bits per heavy atom. The average Bonchev–Trinajstić information content (AvgIpc) is 2.84. The van der Waals surface area contributed by atoms with Crippen LogP contribution in [-0.2, 0) is 11.3 Å². The van der Waals surface area contributed by atoms with Crippen LogP contribution in [0.3, 0.4) is 0 Å². The third kappa shape index (κ3) is 2.35. The predicted octanol–water partition coefficient (Wildman–Crippen LogP) is 3.50. The standard InChI is InChI=1S/C17H20N2O2/c1-3-19-15-9-8-11(2)10-14(15)18-16(19)12-6-4-5-7-13(12)17(20)21/h4-5,8-10,12-13H,3,6-7H2,1-2H3,(H,20,21)/t12-,13+/m1/s1. The average molecular weight is 284 g/mol. The Balaban J connectivity index is 2.14. The SMILES string of the molecule is CCn1c([C@@H]2CC=CC[C@@H]2C(=O)O)nc2cc(C)ccc21. The molecule has 21 heavy (non-hydrogen) atoms. The van der Waals surface area contributed by atoms with Crippen LogP contribution in [0, 0.1) is 12.8 Å². The molecule has 0 bridgehead atoms. The summed E-state index contributed by atoms with van der Waals surface area (Å²) in [7, 11) is 0. The minimum absolute atomic E-state index is 0.0415. The van der Waals surface area contributed by atoms with Crippen molar-refractivity contribution in [3.63, 3.8) is 0 Å². The highest BCUT2D eigenvalue weighted by Crippen LogP contribution is 2.36. The highest BCUT2D eigenvalue weighted by atomic mass is 16.4. The van der Waals surface area contributed by atoms with Crippen molar-refractivity contribution < 1.29 is 9.90 Å². The normalized spacial score (nSPS) is 21.8. The molecule has 1 N–H and O–H groups in total. The topological polar surface area (TPSA) is 55.1 Å². The lowest BCUT2D eigenvalue weighted by Crippen LogP contribution is -2.25. The van der Waals surface area contributed by atoms with E-state index in [2.05, 4.69) is 35.8 Å². The van der Waals surface area contributed by atoms with Gasteiger partial charge in [0.1, 0.15) is 5.82 Å². The Bertz CT molecular complexity index is 715. The molecule has 4 nitrogen and oxygen atoms in total. The maximum absolute atomic E-state index is 11.5. The van der Waals surface area contributed by atoms with Crippen molar-refractivity contribution in [3.8, 4) is 0 Å². The van der Waals surface area contributed by atoms with Crippen molar-refractivity contribution in [1.82, 2.24) is 9.55 Å². The predicted molar refractivity (Wildman–Crippen MR) is 82.4 cm³/mol. The van der Waals surface area contributed by atoms with E-state index in [4.69, 9.17) is 4.98 Å². The number of aliphatic carboxylic acids is 1. The van der Waals surface area contributed by atoms with E-state index < -0.39 is 5.97 Å². The van der Waals surface area contributed by atoms with Gasteiger partial charge >= 0.3 is 5.97 Å². The molecule has 1 aromatic carbocycles. The van der Waals surface area contributed by atoms with Crippen LogP contribution in [0.1, 0.15) is 37.1 Å². The Hall–Kier alpha value is -2.10. The summed E-state index contributed by atoms with van der Waals surface area (Å²) in [5.41, 5.74) is 3.23. The fourth-order valence-corrected chi connectivity index (χ4v) is 3.25. The molecule has 0 amide bonds. The van der Waals surface area contributed by atoms with Crippen LogP contribution in [0.4, 0.5) is 0 Å². The van der Waals surface area contributed by atoms with Crippen LogP contribution in [0.2, 0.25) is 0 Å². The summed E-state index contributed by atoms with van der Waals surface area (Å²) in [6.07, 6.45) is 5.39. The second-order valence-corrected chi connectivity index (χ2v) is 5.70. The van der Waals surface area contributed by atoms with Gasteiger partial charge in [-0.05, 0) is 44.4 Å². The number of carboxylic acids is 1. The second kappa shape index (κ2) is 5.35. The van der Waals surface area contributed by atoms with Crippen LogP contribution < -0.4 is 0 Å². The summed E-state index contributed by atoms with van der Waals surface area (Å²) in [5.74, 6) is -0.233. The molecule has 2 aromatic rings. The van der Waals surface area contributed by atoms with Crippen LogP contribution in [0.5, 0.6) is 0 Å². The molecule has 0 radical (unpaired) electrons. The summed E-state index contributed by atoms with van der Waals surface area (Å²) < 4.78 is 2.16. The van der Waals surface area contributed by atoms with E-state index in [1.54, 1.807) is 0 Å². The number of imidazole rings is 1. The number of allylic oxidation sites excluding steroid dienone is 2. The minimum Gasteiger partial charge on any atom is -0.481 e. The molecule has 0 unspecified atom stereocenters. The van der Waals surface area contributed by atoms with Gasteiger partial charge in [-0.1, -0.05) is 18.2 Å². The number of hydrogen-bond acceptors (Lipinski definition) is 2. The quantitative estimate of drug-likeness (QED) is 0.878. The van der Waals surface area contributed by atoms with E-state index in [0.717, 1.165) is 29.8 Å². The fourth-order valence-electron chi connectivity index (χ4n) is 3.25. The molecule has 1 heterocycles. The number of carbonyl (C=O) groups is 1. The van der Waals surface area contributed by atoms with Crippen LogP contribution in [0.15, 0.2) is 30.4 Å². The van der Waals surface area contributed by atoms with E-state index in [1.807, 2.05) is 13.0 Å². The highest BCUT2D eigenvalue weighted by Gasteiger charge is 2.33. The van der Waals surface area contributed by atoms with Gasteiger partial charge in [-0.3, -0.25) is 4.79 Å². The van der Waals surface area contributed by atoms with Gasteiger partial charge in [-0.25, -0.2) is 4.98 Å². The number of nitrogens with zero attached hydrogens (tertiary/aromatic N) is 2. The van der Waals surface area contributed by atoms with Gasteiger partial charge in [0.2, 0.25) is 0 Å². The number of aromatic nitrogens is 2. The number of carboxylic acid groups (broad SMARTS) is 1. The van der Waals surface area contributed by atoms with Gasteiger partial charge in [0, 0.05) is 12.5 Å². The third-order valence-corrected chi connectivity index (χ3v) is 4.33. The molecule has 110 valence electrons. The molecular weight excluding hydrogens is 264 g/mol. The summed E-state index contributed by atoms with van der Waals surface area (Å²) in [5, 5.41) is 9.48. The summed E-state index contributed by atoms with van der Waals surface area (Å²) in [6.45, 7) is 4.94. The molecule has 2 atom stereocenters. The van der Waals surface area contributed by atoms with Gasteiger partial charge in [0.25, 0.3) is 0 Å². The lowest BCUT2D eigenvalue weighted by Gasteiger charge is -2.25. The molecule has 0 saturated carbocycles. The zero-order chi connectivity index (χ0) is 15.0. The zero-order valence-corrected chi connectivity index (χ0v) is 12.4. The van der Waals surface area contributed by atoms with Crippen LogP contribution in [0.25, 0.3) is 11.0 Å². The number of rotatable bonds is 3. The van der Waals surface area contributed by atoms with Crippen LogP contribution in [-0.4, -0.2) is 20.6 Å². The smallest absolute Gasteiger partial charge is 0.307 e. The number of fused-ring (bicyclic) bond motifs is 1. The van der Waals surface area contributed by atoms with Gasteiger partial charge in [0.05, 0.1) is 17.0 Å². The molecule has 3 rings (SSSR count). The Labute approximate surface area is 124 Å². The fraction of sp³-hybridized carbons (Fsp3) is 0.412. The van der Waals surface area contributed by atoms with Crippen molar-refractivity contribution in [2.45, 2.75) is 39.2 Å². The Morgan fingerprint density at radius 1 is 1.38 bits per heavy atom. The Kier molecular flexibility index (Phi) is 3.53. The van der Waals surface area contributed by atoms with Crippen molar-refractivity contribution in [2.75, 3.05) is 0 Å². The van der Waals surface area contributed by atoms with Gasteiger partial charge < -0.3 is 9.67 Å². The van der Waals surface area contributed by atoms with Gasteiger partial charge in [-0.15, -0.1) is 0 Å². The largest absolute Gasteiger partial charge is 0.481 e. The van der Waals surface area contributed by atoms with E-state index >= 15 is 0 Å². The Morgan fingerprint density at radius 3 is 2.86 bits per heavy atom. The molecule has 4 heteroatoms. The zero-order valence-electron chi connectivity index (χ0n) is 12.4. The van der Waals surface area contributed by atoms with Gasteiger partial charge in [0.15, 0.2) is 0 Å². The van der Waals surface area contributed by atoms with Crippen molar-refractivity contribution in [1.29, 1.82) is 0 Å². The summed E-state index contributed by atoms with van der Waals surface area (Å²) >= 11 is 0. The first-order valence-electron chi connectivity index (χ1n) is 7.46. The molecular formula is C17H20N2O2. The first-order chi connectivity index (χ1) is 10.1. The molecule has 0 fully saturated rings. The van der Waals surface area contributed by atoms with Gasteiger partial charge in [-0.2, -0.15) is 0 Å². The second-order valence-electron chi connectivity index (χ2n) is 5.70. The first-order valence-corrected chi connectivity index (χ1v) is 7.46. The van der Waals surface area contributed by atoms with E-state index in [9.17, 15) is 9.90 Å². The number of hydrogen-bond donors (Lipinski definition) is 1. The number of benzene rings is 1. The monoisotopic (exact) mass is 284 g/mol. The molecule has 1 aliphatic carbocycles. The molecule has 0 saturated heterocycles. The number of aryl methyl sites for hydroxylation is 2.